The Balaban J connectivity index is 1.99. The summed E-state index contributed by atoms with van der Waals surface area (Å²) >= 11 is 1.35. The van der Waals surface area contributed by atoms with Crippen LogP contribution in [0.1, 0.15) is 51.9 Å². The zero-order valence-electron chi connectivity index (χ0n) is 14.3. The molecule has 0 bridgehead atoms. The molecule has 0 radical (unpaired) electrons. The summed E-state index contributed by atoms with van der Waals surface area (Å²) in [6, 6.07) is 0.111. The van der Waals surface area contributed by atoms with Crippen molar-refractivity contribution >= 4 is 22.4 Å². The second-order valence-corrected chi connectivity index (χ2v) is 6.86. The number of aromatic nitrogens is 3. The van der Waals surface area contributed by atoms with Gasteiger partial charge in [-0.05, 0) is 45.1 Å². The molecule has 1 amide bonds. The SMILES string of the molecule is CNc1snc(C)c1C(=O)N1CCCC1c1c(C)nn(C)c1C. The lowest BCUT2D eigenvalue weighted by atomic mass is 10.0. The maximum Gasteiger partial charge on any atom is 0.259 e. The minimum absolute atomic E-state index is 0.0748. The number of carbonyl (C=O) groups excluding carboxylic acids is 1. The predicted molar refractivity (Wildman–Crippen MR) is 92.1 cm³/mol. The number of hydrogen-bond donors (Lipinski definition) is 1. The van der Waals surface area contributed by atoms with Crippen molar-refractivity contribution in [3.63, 3.8) is 0 Å². The van der Waals surface area contributed by atoms with Gasteiger partial charge in [0.1, 0.15) is 5.00 Å². The van der Waals surface area contributed by atoms with E-state index in [9.17, 15) is 4.79 Å². The van der Waals surface area contributed by atoms with Gasteiger partial charge >= 0.3 is 0 Å². The molecule has 1 fully saturated rings. The smallest absolute Gasteiger partial charge is 0.259 e. The lowest BCUT2D eigenvalue weighted by molar-refractivity contribution is 0.0735. The van der Waals surface area contributed by atoms with Gasteiger partial charge in [-0.15, -0.1) is 0 Å². The highest BCUT2D eigenvalue weighted by Gasteiger charge is 2.35. The van der Waals surface area contributed by atoms with Crippen LogP contribution in [0.4, 0.5) is 5.00 Å². The van der Waals surface area contributed by atoms with Crippen LogP contribution in [0.2, 0.25) is 0 Å². The van der Waals surface area contributed by atoms with Gasteiger partial charge in [0, 0.05) is 31.9 Å². The van der Waals surface area contributed by atoms with Crippen LogP contribution >= 0.6 is 11.5 Å². The van der Waals surface area contributed by atoms with Crippen molar-refractivity contribution in [2.75, 3.05) is 18.9 Å². The first-order valence-corrected chi connectivity index (χ1v) is 8.68. The van der Waals surface area contributed by atoms with Crippen LogP contribution in [0, 0.1) is 20.8 Å². The van der Waals surface area contributed by atoms with Crippen LogP contribution in [0.5, 0.6) is 0 Å². The number of likely N-dealkylation sites (tertiary alicyclic amines) is 1. The van der Waals surface area contributed by atoms with Crippen LogP contribution in [-0.2, 0) is 7.05 Å². The van der Waals surface area contributed by atoms with Crippen molar-refractivity contribution in [2.45, 2.75) is 39.7 Å². The van der Waals surface area contributed by atoms with Crippen molar-refractivity contribution in [3.8, 4) is 0 Å². The molecule has 0 spiro atoms. The maximum absolute atomic E-state index is 13.1. The Labute approximate surface area is 140 Å². The van der Waals surface area contributed by atoms with E-state index in [2.05, 4.69) is 21.7 Å². The Kier molecular flexibility index (Phi) is 4.14. The fraction of sp³-hybridized carbons (Fsp3) is 0.562. The van der Waals surface area contributed by atoms with Crippen LogP contribution in [-0.4, -0.2) is 38.6 Å². The van der Waals surface area contributed by atoms with Crippen molar-refractivity contribution in [1.82, 2.24) is 19.1 Å². The number of nitrogens with one attached hydrogen (secondary N) is 1. The maximum atomic E-state index is 13.1. The molecule has 1 aliphatic rings. The lowest BCUT2D eigenvalue weighted by Gasteiger charge is -2.25. The highest BCUT2D eigenvalue weighted by Crippen LogP contribution is 2.38. The zero-order valence-corrected chi connectivity index (χ0v) is 15.1. The average Bonchev–Trinajstić information content (AvgIpc) is 3.18. The molecular formula is C16H23N5OS. The van der Waals surface area contributed by atoms with E-state index in [1.165, 1.54) is 17.1 Å². The Morgan fingerprint density at radius 1 is 1.30 bits per heavy atom. The normalized spacial score (nSPS) is 17.8. The summed E-state index contributed by atoms with van der Waals surface area (Å²) in [6.07, 6.45) is 2.01. The molecule has 2 aromatic rings. The van der Waals surface area contributed by atoms with Gasteiger partial charge in [-0.1, -0.05) is 0 Å². The van der Waals surface area contributed by atoms with Gasteiger partial charge in [-0.2, -0.15) is 9.47 Å². The van der Waals surface area contributed by atoms with Crippen LogP contribution < -0.4 is 5.32 Å². The largest absolute Gasteiger partial charge is 0.378 e. The van der Waals surface area contributed by atoms with Crippen molar-refractivity contribution in [3.05, 3.63) is 28.2 Å². The molecule has 1 N–H and O–H groups in total. The van der Waals surface area contributed by atoms with E-state index in [0.717, 1.165) is 41.5 Å². The number of rotatable bonds is 3. The molecule has 1 atom stereocenters. The second kappa shape index (κ2) is 5.96. The van der Waals surface area contributed by atoms with E-state index >= 15 is 0 Å². The van der Waals surface area contributed by atoms with Crippen LogP contribution in [0.15, 0.2) is 0 Å². The van der Waals surface area contributed by atoms with Gasteiger partial charge < -0.3 is 10.2 Å². The first-order valence-electron chi connectivity index (χ1n) is 7.90. The number of anilines is 1. The van der Waals surface area contributed by atoms with Gasteiger partial charge in [-0.25, -0.2) is 0 Å². The summed E-state index contributed by atoms with van der Waals surface area (Å²) in [5.74, 6) is 0.0748. The standard InChI is InChI=1S/C16H23N5OS/c1-9-13(11(3)20(5)18-9)12-7-6-8-21(12)16(22)14-10(2)19-23-15(14)17-4/h12,17H,6-8H2,1-5H3. The fourth-order valence-electron chi connectivity index (χ4n) is 3.52. The molecule has 0 saturated carbocycles. The molecule has 2 aromatic heterocycles. The van der Waals surface area contributed by atoms with E-state index in [4.69, 9.17) is 0 Å². The minimum atomic E-state index is 0.0748. The van der Waals surface area contributed by atoms with Crippen LogP contribution in [0.3, 0.4) is 0 Å². The highest BCUT2D eigenvalue weighted by molar-refractivity contribution is 7.10. The molecule has 3 heterocycles. The van der Waals surface area contributed by atoms with E-state index in [0.29, 0.717) is 5.56 Å². The van der Waals surface area contributed by atoms with Gasteiger partial charge in [0.05, 0.1) is 23.0 Å². The number of aryl methyl sites for hydroxylation is 3. The second-order valence-electron chi connectivity index (χ2n) is 6.09. The Bertz CT molecular complexity index is 748. The summed E-state index contributed by atoms with van der Waals surface area (Å²) in [4.78, 5) is 15.1. The Morgan fingerprint density at radius 2 is 2.04 bits per heavy atom. The number of nitrogens with zero attached hydrogens (tertiary/aromatic N) is 4. The quantitative estimate of drug-likeness (QED) is 0.938. The molecule has 0 aromatic carbocycles. The number of hydrogen-bond acceptors (Lipinski definition) is 5. The molecule has 6 nitrogen and oxygen atoms in total. The average molecular weight is 333 g/mol. The summed E-state index contributed by atoms with van der Waals surface area (Å²) in [6.45, 7) is 6.79. The summed E-state index contributed by atoms with van der Waals surface area (Å²) in [5, 5.41) is 8.46. The van der Waals surface area contributed by atoms with Crippen molar-refractivity contribution in [2.24, 2.45) is 7.05 Å². The van der Waals surface area contributed by atoms with Gasteiger partial charge in [-0.3, -0.25) is 9.48 Å². The highest BCUT2D eigenvalue weighted by atomic mass is 32.1. The summed E-state index contributed by atoms with van der Waals surface area (Å²) in [5.41, 5.74) is 4.87. The van der Waals surface area contributed by atoms with Crippen LogP contribution in [0.25, 0.3) is 0 Å². The third kappa shape index (κ3) is 2.52. The topological polar surface area (TPSA) is 63.1 Å². The number of amides is 1. The molecule has 3 rings (SSSR count). The number of carbonyl (C=O) groups is 1. The van der Waals surface area contributed by atoms with E-state index in [-0.39, 0.29) is 11.9 Å². The van der Waals surface area contributed by atoms with Crippen molar-refractivity contribution in [1.29, 1.82) is 0 Å². The summed E-state index contributed by atoms with van der Waals surface area (Å²) < 4.78 is 6.24. The molecule has 23 heavy (non-hydrogen) atoms. The third-order valence-corrected chi connectivity index (χ3v) is 5.67. The first kappa shape index (κ1) is 16.0. The fourth-order valence-corrected chi connectivity index (χ4v) is 4.26. The van der Waals surface area contributed by atoms with Crippen molar-refractivity contribution < 1.29 is 4.79 Å². The summed E-state index contributed by atoms with van der Waals surface area (Å²) in [7, 11) is 3.79. The Hall–Kier alpha value is -1.89. The molecule has 1 unspecified atom stereocenters. The molecular weight excluding hydrogens is 310 g/mol. The van der Waals surface area contributed by atoms with Gasteiger partial charge in [0.15, 0.2) is 0 Å². The van der Waals surface area contributed by atoms with E-state index in [1.807, 2.05) is 37.5 Å². The first-order chi connectivity index (χ1) is 11.0. The molecule has 1 aliphatic heterocycles. The van der Waals surface area contributed by atoms with Gasteiger partial charge in [0.25, 0.3) is 5.91 Å². The van der Waals surface area contributed by atoms with Gasteiger partial charge in [0.2, 0.25) is 0 Å². The zero-order chi connectivity index (χ0) is 16.7. The molecule has 0 aliphatic carbocycles. The monoisotopic (exact) mass is 333 g/mol. The van der Waals surface area contributed by atoms with E-state index < -0.39 is 0 Å². The Morgan fingerprint density at radius 3 is 2.65 bits per heavy atom. The predicted octanol–water partition coefficient (Wildman–Crippen LogP) is 2.82. The molecule has 7 heteroatoms. The molecule has 1 saturated heterocycles. The minimum Gasteiger partial charge on any atom is -0.378 e. The third-order valence-electron chi connectivity index (χ3n) is 4.72. The van der Waals surface area contributed by atoms with E-state index in [1.54, 1.807) is 0 Å². The lowest BCUT2D eigenvalue weighted by Crippen LogP contribution is -2.31. The molecule has 124 valence electrons.